The summed E-state index contributed by atoms with van der Waals surface area (Å²) in [4.78, 5) is 12.1. The molecule has 0 spiro atoms. The maximum atomic E-state index is 12.1. The first-order valence-corrected chi connectivity index (χ1v) is 8.00. The van der Waals surface area contributed by atoms with Crippen molar-refractivity contribution >= 4 is 23.5 Å². The highest BCUT2D eigenvalue weighted by Gasteiger charge is 2.39. The Morgan fingerprint density at radius 1 is 1.38 bits per heavy atom. The number of amides is 1. The van der Waals surface area contributed by atoms with Crippen molar-refractivity contribution in [1.82, 2.24) is 9.78 Å². The minimum Gasteiger partial charge on any atom is -0.379 e. The van der Waals surface area contributed by atoms with Crippen LogP contribution in [0, 0.1) is 0 Å². The highest BCUT2D eigenvalue weighted by Crippen LogP contribution is 2.28. The van der Waals surface area contributed by atoms with Crippen LogP contribution in [0.15, 0.2) is 42.6 Å². The Morgan fingerprint density at radius 3 is 2.90 bits per heavy atom. The van der Waals surface area contributed by atoms with Gasteiger partial charge in [0.05, 0.1) is 6.54 Å². The van der Waals surface area contributed by atoms with E-state index in [2.05, 4.69) is 10.4 Å². The van der Waals surface area contributed by atoms with E-state index in [-0.39, 0.29) is 5.91 Å². The summed E-state index contributed by atoms with van der Waals surface area (Å²) in [7, 11) is 0. The molecule has 2 N–H and O–H groups in total. The number of rotatable bonds is 4. The quantitative estimate of drug-likeness (QED) is 0.903. The molecular weight excluding hydrogens is 286 g/mol. The number of hydrogen-bond acceptors (Lipinski definition) is 4. The first-order chi connectivity index (χ1) is 10.2. The molecule has 1 aliphatic rings. The Balaban J connectivity index is 1.64. The van der Waals surface area contributed by atoms with Crippen LogP contribution in [-0.2, 0) is 11.3 Å². The second kappa shape index (κ2) is 5.91. The largest absolute Gasteiger partial charge is 0.379 e. The second-order valence-electron chi connectivity index (χ2n) is 5.17. The highest BCUT2D eigenvalue weighted by molar-refractivity contribution is 7.99. The van der Waals surface area contributed by atoms with Crippen LogP contribution in [0.25, 0.3) is 0 Å². The van der Waals surface area contributed by atoms with E-state index < -0.39 is 5.60 Å². The summed E-state index contributed by atoms with van der Waals surface area (Å²) >= 11 is 1.59. The number of aromatic nitrogens is 2. The molecule has 21 heavy (non-hydrogen) atoms. The number of aliphatic hydroxyl groups is 1. The molecule has 1 aromatic carbocycles. The molecule has 1 amide bonds. The fourth-order valence-corrected chi connectivity index (χ4v) is 3.49. The zero-order valence-electron chi connectivity index (χ0n) is 11.5. The second-order valence-corrected chi connectivity index (χ2v) is 6.28. The lowest BCUT2D eigenvalue weighted by Gasteiger charge is -2.19. The van der Waals surface area contributed by atoms with Crippen molar-refractivity contribution in [2.45, 2.75) is 18.6 Å². The van der Waals surface area contributed by atoms with Crippen LogP contribution in [-0.4, -0.2) is 37.9 Å². The Labute approximate surface area is 127 Å². The summed E-state index contributed by atoms with van der Waals surface area (Å²) in [6.45, 7) is 0.650. The van der Waals surface area contributed by atoms with Gasteiger partial charge in [-0.05, 0) is 17.7 Å². The van der Waals surface area contributed by atoms with E-state index in [9.17, 15) is 9.90 Å². The predicted molar refractivity (Wildman–Crippen MR) is 83.3 cm³/mol. The molecular formula is C15H17N3O2S. The smallest absolute Gasteiger partial charge is 0.258 e. The third kappa shape index (κ3) is 3.28. The lowest BCUT2D eigenvalue weighted by atomic mass is 10.0. The van der Waals surface area contributed by atoms with Gasteiger partial charge < -0.3 is 10.4 Å². The number of thioether (sulfide) groups is 1. The zero-order valence-corrected chi connectivity index (χ0v) is 12.3. The van der Waals surface area contributed by atoms with Gasteiger partial charge in [0.25, 0.3) is 5.91 Å². The molecule has 5 nitrogen and oxygen atoms in total. The summed E-state index contributed by atoms with van der Waals surface area (Å²) in [5.41, 5.74) is -0.113. The molecule has 3 rings (SSSR count). The molecule has 110 valence electrons. The van der Waals surface area contributed by atoms with Gasteiger partial charge in [0, 0.05) is 18.0 Å². The number of anilines is 1. The third-order valence-electron chi connectivity index (χ3n) is 3.49. The van der Waals surface area contributed by atoms with Gasteiger partial charge in [0.2, 0.25) is 0 Å². The van der Waals surface area contributed by atoms with Crippen LogP contribution in [0.3, 0.4) is 0 Å². The van der Waals surface area contributed by atoms with Gasteiger partial charge in [-0.3, -0.25) is 9.48 Å². The molecule has 1 aliphatic heterocycles. The van der Waals surface area contributed by atoms with Crippen molar-refractivity contribution in [1.29, 1.82) is 0 Å². The van der Waals surface area contributed by atoms with Gasteiger partial charge in [-0.2, -0.15) is 16.9 Å². The first kappa shape index (κ1) is 14.2. The number of carbonyl (C=O) groups excluding carboxylic acids is 1. The average molecular weight is 303 g/mol. The number of carbonyl (C=O) groups is 1. The molecule has 0 saturated carbocycles. The van der Waals surface area contributed by atoms with Crippen molar-refractivity contribution < 1.29 is 9.90 Å². The van der Waals surface area contributed by atoms with E-state index >= 15 is 0 Å². The molecule has 2 aromatic rings. The minimum absolute atomic E-state index is 0.363. The summed E-state index contributed by atoms with van der Waals surface area (Å²) < 4.78 is 1.76. The normalized spacial score (nSPS) is 21.4. The Morgan fingerprint density at radius 2 is 2.19 bits per heavy atom. The topological polar surface area (TPSA) is 67.2 Å². The molecule has 1 aromatic heterocycles. The lowest BCUT2D eigenvalue weighted by Crippen LogP contribution is -2.43. The third-order valence-corrected chi connectivity index (χ3v) is 4.67. The van der Waals surface area contributed by atoms with Crippen LogP contribution < -0.4 is 5.32 Å². The predicted octanol–water partition coefficient (Wildman–Crippen LogP) is 1.74. The van der Waals surface area contributed by atoms with E-state index in [1.807, 2.05) is 36.5 Å². The van der Waals surface area contributed by atoms with Crippen molar-refractivity contribution in [3.63, 3.8) is 0 Å². The van der Waals surface area contributed by atoms with Crippen molar-refractivity contribution in [2.24, 2.45) is 0 Å². The highest BCUT2D eigenvalue weighted by atomic mass is 32.2. The van der Waals surface area contributed by atoms with Gasteiger partial charge in [-0.25, -0.2) is 0 Å². The first-order valence-electron chi connectivity index (χ1n) is 6.85. The maximum absolute atomic E-state index is 12.1. The molecule has 1 fully saturated rings. The molecule has 0 aliphatic carbocycles. The standard InChI is InChI=1S/C15H17N3O2S/c19-14(15(20)7-9-21-11-15)16-13-6-8-18(17-13)10-12-4-2-1-3-5-12/h1-6,8,20H,7,9-11H2,(H,16,17,19). The van der Waals surface area contributed by atoms with E-state index in [4.69, 9.17) is 0 Å². The van der Waals surface area contributed by atoms with E-state index in [0.29, 0.717) is 24.5 Å². The van der Waals surface area contributed by atoms with E-state index in [0.717, 1.165) is 11.3 Å². The Kier molecular flexibility index (Phi) is 3.98. The van der Waals surface area contributed by atoms with Crippen LogP contribution in [0.1, 0.15) is 12.0 Å². The molecule has 1 atom stereocenters. The maximum Gasteiger partial charge on any atom is 0.258 e. The lowest BCUT2D eigenvalue weighted by molar-refractivity contribution is -0.131. The van der Waals surface area contributed by atoms with Crippen molar-refractivity contribution in [2.75, 3.05) is 16.8 Å². The summed E-state index contributed by atoms with van der Waals surface area (Å²) in [5, 5.41) is 17.2. The molecule has 1 saturated heterocycles. The summed E-state index contributed by atoms with van der Waals surface area (Å²) in [6, 6.07) is 11.7. The molecule has 1 unspecified atom stereocenters. The number of hydrogen-bond donors (Lipinski definition) is 2. The molecule has 2 heterocycles. The van der Waals surface area contributed by atoms with Gasteiger partial charge in [-0.15, -0.1) is 0 Å². The summed E-state index contributed by atoms with van der Waals surface area (Å²) in [6.07, 6.45) is 2.31. The number of nitrogens with zero attached hydrogens (tertiary/aromatic N) is 2. The van der Waals surface area contributed by atoms with Gasteiger partial charge in [-0.1, -0.05) is 30.3 Å². The average Bonchev–Trinajstić information content (AvgIpc) is 3.10. The van der Waals surface area contributed by atoms with E-state index in [1.54, 1.807) is 22.5 Å². The fraction of sp³-hybridized carbons (Fsp3) is 0.333. The van der Waals surface area contributed by atoms with Gasteiger partial charge in [0.15, 0.2) is 11.4 Å². The number of nitrogens with one attached hydrogen (secondary N) is 1. The molecule has 0 bridgehead atoms. The van der Waals surface area contributed by atoms with Crippen LogP contribution >= 0.6 is 11.8 Å². The zero-order chi connectivity index (χ0) is 14.7. The molecule has 0 radical (unpaired) electrons. The van der Waals surface area contributed by atoms with Crippen LogP contribution in [0.2, 0.25) is 0 Å². The minimum atomic E-state index is -1.26. The SMILES string of the molecule is O=C(Nc1ccn(Cc2ccccc2)n1)C1(O)CCSC1. The van der Waals surface area contributed by atoms with Crippen molar-refractivity contribution in [3.05, 3.63) is 48.2 Å². The van der Waals surface area contributed by atoms with Gasteiger partial charge in [0.1, 0.15) is 0 Å². The Hall–Kier alpha value is -1.79. The Bertz CT molecular complexity index is 621. The number of benzene rings is 1. The van der Waals surface area contributed by atoms with E-state index in [1.165, 1.54) is 0 Å². The van der Waals surface area contributed by atoms with Crippen LogP contribution in [0.5, 0.6) is 0 Å². The van der Waals surface area contributed by atoms with Gasteiger partial charge >= 0.3 is 0 Å². The fourth-order valence-electron chi connectivity index (χ4n) is 2.25. The van der Waals surface area contributed by atoms with Crippen LogP contribution in [0.4, 0.5) is 5.82 Å². The molecule has 6 heteroatoms. The van der Waals surface area contributed by atoms with Crippen molar-refractivity contribution in [3.8, 4) is 0 Å². The monoisotopic (exact) mass is 303 g/mol. The summed E-state index contributed by atoms with van der Waals surface area (Å²) in [5.74, 6) is 1.37.